The lowest BCUT2D eigenvalue weighted by atomic mass is 9.88. The quantitative estimate of drug-likeness (QED) is 0.629. The number of pyridine rings is 1. The summed E-state index contributed by atoms with van der Waals surface area (Å²) in [5, 5.41) is 10.6. The van der Waals surface area contributed by atoms with Crippen LogP contribution in [0.4, 0.5) is 0 Å². The van der Waals surface area contributed by atoms with Crippen molar-refractivity contribution in [2.45, 2.75) is 31.4 Å². The van der Waals surface area contributed by atoms with E-state index in [1.165, 1.54) is 6.07 Å². The van der Waals surface area contributed by atoms with E-state index in [9.17, 15) is 14.7 Å². The number of aliphatic hydroxyl groups is 1. The van der Waals surface area contributed by atoms with Crippen molar-refractivity contribution in [2.24, 2.45) is 5.73 Å². The van der Waals surface area contributed by atoms with E-state index >= 15 is 0 Å². The molecule has 144 valence electrons. The molecule has 7 nitrogen and oxygen atoms in total. The van der Waals surface area contributed by atoms with Gasteiger partial charge in [-0.1, -0.05) is 12.1 Å². The first kappa shape index (κ1) is 18.2. The van der Waals surface area contributed by atoms with Crippen LogP contribution in [0.1, 0.15) is 44.9 Å². The predicted molar refractivity (Wildman–Crippen MR) is 105 cm³/mol. The predicted octanol–water partition coefficient (Wildman–Crippen LogP) is 1.85. The Morgan fingerprint density at radius 3 is 2.79 bits per heavy atom. The summed E-state index contributed by atoms with van der Waals surface area (Å²) in [6.07, 6.45) is 3.10. The molecule has 2 heterocycles. The van der Waals surface area contributed by atoms with Crippen molar-refractivity contribution < 1.29 is 14.7 Å². The van der Waals surface area contributed by atoms with Crippen LogP contribution in [0.15, 0.2) is 42.6 Å². The number of rotatable bonds is 5. The van der Waals surface area contributed by atoms with E-state index in [0.717, 1.165) is 16.5 Å². The zero-order valence-electron chi connectivity index (χ0n) is 15.6. The van der Waals surface area contributed by atoms with Crippen LogP contribution < -0.4 is 5.73 Å². The number of carbonyl (C=O) groups is 2. The summed E-state index contributed by atoms with van der Waals surface area (Å²) in [7, 11) is 1.69. The lowest BCUT2D eigenvalue weighted by molar-refractivity contribution is 0.0129. The van der Waals surface area contributed by atoms with Gasteiger partial charge in [0.2, 0.25) is 5.91 Å². The number of hydrogen-bond acceptors (Lipinski definition) is 4. The number of nitrogens with one attached hydrogen (secondary N) is 1. The van der Waals surface area contributed by atoms with Crippen LogP contribution in [0.2, 0.25) is 0 Å². The zero-order valence-corrected chi connectivity index (χ0v) is 15.6. The molecule has 2 amide bonds. The Morgan fingerprint density at radius 2 is 2.07 bits per heavy atom. The number of primary amides is 1. The largest absolute Gasteiger partial charge is 0.393 e. The maximum absolute atomic E-state index is 12.9. The number of fused-ring (bicyclic) bond motifs is 1. The van der Waals surface area contributed by atoms with Gasteiger partial charge in [-0.15, -0.1) is 0 Å². The lowest BCUT2D eigenvalue weighted by Crippen LogP contribution is -2.48. The van der Waals surface area contributed by atoms with Gasteiger partial charge in [-0.2, -0.15) is 0 Å². The monoisotopic (exact) mass is 378 g/mol. The third kappa shape index (κ3) is 3.36. The van der Waals surface area contributed by atoms with Crippen molar-refractivity contribution in [3.63, 3.8) is 0 Å². The molecule has 0 unspecified atom stereocenters. The van der Waals surface area contributed by atoms with Crippen LogP contribution in [0.25, 0.3) is 10.9 Å². The topological polar surface area (TPSA) is 112 Å². The van der Waals surface area contributed by atoms with Crippen molar-refractivity contribution in [2.75, 3.05) is 7.05 Å². The van der Waals surface area contributed by atoms with Crippen LogP contribution >= 0.6 is 0 Å². The van der Waals surface area contributed by atoms with Crippen LogP contribution in [0, 0.1) is 0 Å². The first-order valence-electron chi connectivity index (χ1n) is 9.23. The van der Waals surface area contributed by atoms with E-state index in [-0.39, 0.29) is 29.3 Å². The highest BCUT2D eigenvalue weighted by atomic mass is 16.3. The standard InChI is InChI=1S/C21H22N4O3/c1-25(15-10-16(26)11-15)21(28)19-9-13(20(22)27)8-14(24-19)7-12-3-2-4-18-17(12)5-6-23-18/h2-6,8-9,15-16,23,26H,7,10-11H2,1H3,(H2,22,27). The Bertz CT molecular complexity index is 1050. The lowest BCUT2D eigenvalue weighted by Gasteiger charge is -2.38. The number of hydrogen-bond donors (Lipinski definition) is 3. The summed E-state index contributed by atoms with van der Waals surface area (Å²) in [6.45, 7) is 0. The SMILES string of the molecule is CN(C(=O)c1cc(C(N)=O)cc(Cc2cccc3[nH]ccc23)n1)C1CC(O)C1. The molecule has 4 rings (SSSR count). The molecule has 2 aromatic heterocycles. The van der Waals surface area contributed by atoms with Gasteiger partial charge in [0.1, 0.15) is 5.69 Å². The summed E-state index contributed by atoms with van der Waals surface area (Å²) in [5.41, 5.74) is 8.60. The fraction of sp³-hybridized carbons (Fsp3) is 0.286. The van der Waals surface area contributed by atoms with Gasteiger partial charge in [-0.3, -0.25) is 9.59 Å². The van der Waals surface area contributed by atoms with E-state index in [4.69, 9.17) is 5.73 Å². The second-order valence-electron chi connectivity index (χ2n) is 7.32. The normalized spacial score (nSPS) is 18.6. The van der Waals surface area contributed by atoms with Crippen LogP contribution in [0.5, 0.6) is 0 Å². The highest BCUT2D eigenvalue weighted by Gasteiger charge is 2.33. The molecule has 1 saturated carbocycles. The van der Waals surface area contributed by atoms with E-state index in [0.29, 0.717) is 25.0 Å². The van der Waals surface area contributed by atoms with E-state index in [1.807, 2.05) is 30.5 Å². The number of amides is 2. The zero-order chi connectivity index (χ0) is 19.8. The average Bonchev–Trinajstić information content (AvgIpc) is 3.14. The molecule has 7 heteroatoms. The van der Waals surface area contributed by atoms with Gasteiger partial charge in [-0.05, 0) is 42.7 Å². The molecule has 0 aliphatic heterocycles. The Hall–Kier alpha value is -3.19. The molecule has 0 atom stereocenters. The number of nitrogens with zero attached hydrogens (tertiary/aromatic N) is 2. The number of carbonyl (C=O) groups excluding carboxylic acids is 2. The molecular formula is C21H22N4O3. The minimum atomic E-state index is -0.598. The fourth-order valence-electron chi connectivity index (χ4n) is 3.65. The summed E-state index contributed by atoms with van der Waals surface area (Å²) >= 11 is 0. The minimum absolute atomic E-state index is 0.0152. The van der Waals surface area contributed by atoms with Gasteiger partial charge >= 0.3 is 0 Å². The Kier molecular flexibility index (Phi) is 4.60. The van der Waals surface area contributed by atoms with Crippen molar-refractivity contribution in [3.8, 4) is 0 Å². The second kappa shape index (κ2) is 7.09. The number of benzene rings is 1. The van der Waals surface area contributed by atoms with Crippen molar-refractivity contribution in [3.05, 3.63) is 65.1 Å². The molecule has 1 aliphatic carbocycles. The molecule has 3 aromatic rings. The third-order valence-corrected chi connectivity index (χ3v) is 5.40. The Balaban J connectivity index is 1.67. The van der Waals surface area contributed by atoms with E-state index in [2.05, 4.69) is 9.97 Å². The molecule has 1 aliphatic rings. The minimum Gasteiger partial charge on any atom is -0.393 e. The fourth-order valence-corrected chi connectivity index (χ4v) is 3.65. The van der Waals surface area contributed by atoms with Crippen molar-refractivity contribution in [1.82, 2.24) is 14.9 Å². The molecule has 1 fully saturated rings. The average molecular weight is 378 g/mol. The number of H-pyrrole nitrogens is 1. The first-order valence-corrected chi connectivity index (χ1v) is 9.23. The maximum Gasteiger partial charge on any atom is 0.272 e. The summed E-state index contributed by atoms with van der Waals surface area (Å²) < 4.78 is 0. The van der Waals surface area contributed by atoms with Gasteiger partial charge in [0.25, 0.3) is 5.91 Å². The summed E-state index contributed by atoms with van der Waals surface area (Å²) in [6, 6.07) is 11.0. The first-order chi connectivity index (χ1) is 13.4. The van der Waals surface area contributed by atoms with E-state index in [1.54, 1.807) is 18.0 Å². The van der Waals surface area contributed by atoms with Gasteiger partial charge in [0.05, 0.1) is 6.10 Å². The smallest absolute Gasteiger partial charge is 0.272 e. The molecule has 4 N–H and O–H groups in total. The number of aromatic nitrogens is 2. The molecule has 0 bridgehead atoms. The highest BCUT2D eigenvalue weighted by molar-refractivity contribution is 5.98. The second-order valence-corrected chi connectivity index (χ2v) is 7.32. The number of aliphatic hydroxyl groups excluding tert-OH is 1. The van der Waals surface area contributed by atoms with E-state index < -0.39 is 5.91 Å². The molecular weight excluding hydrogens is 356 g/mol. The van der Waals surface area contributed by atoms with Crippen molar-refractivity contribution in [1.29, 1.82) is 0 Å². The van der Waals surface area contributed by atoms with Gasteiger partial charge in [-0.25, -0.2) is 4.98 Å². The van der Waals surface area contributed by atoms with Crippen LogP contribution in [0.3, 0.4) is 0 Å². The highest BCUT2D eigenvalue weighted by Crippen LogP contribution is 2.26. The van der Waals surface area contributed by atoms with Crippen LogP contribution in [-0.4, -0.2) is 51.0 Å². The molecule has 28 heavy (non-hydrogen) atoms. The molecule has 0 saturated heterocycles. The Morgan fingerprint density at radius 1 is 1.29 bits per heavy atom. The van der Waals surface area contributed by atoms with Gasteiger partial charge in [0, 0.05) is 47.9 Å². The van der Waals surface area contributed by atoms with Gasteiger partial charge < -0.3 is 20.7 Å². The van der Waals surface area contributed by atoms with Crippen LogP contribution in [-0.2, 0) is 6.42 Å². The molecule has 1 aromatic carbocycles. The summed E-state index contributed by atoms with van der Waals surface area (Å²) in [4.78, 5) is 33.9. The number of nitrogens with two attached hydrogens (primary N) is 1. The third-order valence-electron chi connectivity index (χ3n) is 5.40. The van der Waals surface area contributed by atoms with Crippen molar-refractivity contribution >= 4 is 22.7 Å². The summed E-state index contributed by atoms with van der Waals surface area (Å²) in [5.74, 6) is -0.875. The molecule has 0 radical (unpaired) electrons. The van der Waals surface area contributed by atoms with Gasteiger partial charge in [0.15, 0.2) is 0 Å². The molecule has 0 spiro atoms. The maximum atomic E-state index is 12.9. The Labute approximate surface area is 162 Å². The number of aromatic amines is 1.